The van der Waals surface area contributed by atoms with E-state index < -0.39 is 5.54 Å². The molecule has 3 aromatic rings. The summed E-state index contributed by atoms with van der Waals surface area (Å²) in [4.78, 5) is 4.44. The zero-order valence-electron chi connectivity index (χ0n) is 10.7. The number of halogens is 1. The zero-order chi connectivity index (χ0) is 12.9. The van der Waals surface area contributed by atoms with Gasteiger partial charge in [0.15, 0.2) is 5.82 Å². The summed E-state index contributed by atoms with van der Waals surface area (Å²) < 4.78 is 7.12. The minimum absolute atomic E-state index is 0. The molecule has 104 valence electrons. The molecule has 20 heavy (non-hydrogen) atoms. The number of hydrogen-bond acceptors (Lipinski definition) is 5. The maximum Gasteiger partial charge on any atom is 0.261 e. The Morgan fingerprint density at radius 3 is 2.90 bits per heavy atom. The van der Waals surface area contributed by atoms with Crippen molar-refractivity contribution in [3.63, 3.8) is 0 Å². The van der Waals surface area contributed by atoms with Crippen LogP contribution >= 0.6 is 12.4 Å². The van der Waals surface area contributed by atoms with Crippen molar-refractivity contribution in [2.45, 2.75) is 24.8 Å². The van der Waals surface area contributed by atoms with Gasteiger partial charge in [-0.15, -0.1) is 12.4 Å². The molecule has 6 nitrogen and oxygen atoms in total. The molecule has 3 aromatic heterocycles. The van der Waals surface area contributed by atoms with Gasteiger partial charge in [0.25, 0.3) is 5.89 Å². The summed E-state index contributed by atoms with van der Waals surface area (Å²) in [5.74, 6) is 1.08. The van der Waals surface area contributed by atoms with Gasteiger partial charge in [0.1, 0.15) is 0 Å². The summed E-state index contributed by atoms with van der Waals surface area (Å²) in [6, 6.07) is 5.84. The lowest BCUT2D eigenvalue weighted by molar-refractivity contribution is 0.229. The Labute approximate surface area is 121 Å². The fraction of sp³-hybridized carbons (Fsp3) is 0.308. The Bertz CT molecular complexity index is 746. The highest BCUT2D eigenvalue weighted by atomic mass is 35.5. The van der Waals surface area contributed by atoms with E-state index in [1.54, 1.807) is 10.7 Å². The third-order valence-corrected chi connectivity index (χ3v) is 3.77. The molecule has 0 aliphatic heterocycles. The maximum atomic E-state index is 6.20. The number of rotatable bonds is 2. The molecule has 1 aliphatic carbocycles. The van der Waals surface area contributed by atoms with Gasteiger partial charge in [0.05, 0.1) is 22.8 Å². The van der Waals surface area contributed by atoms with Gasteiger partial charge in [0, 0.05) is 6.20 Å². The molecule has 0 amide bonds. The molecule has 0 saturated heterocycles. The number of hydrogen-bond donors (Lipinski definition) is 1. The number of nitrogens with zero attached hydrogens (tertiary/aromatic N) is 4. The van der Waals surface area contributed by atoms with Crippen molar-refractivity contribution in [1.29, 1.82) is 0 Å². The minimum Gasteiger partial charge on any atom is -0.334 e. The zero-order valence-corrected chi connectivity index (χ0v) is 11.5. The molecule has 2 N–H and O–H groups in total. The second-order valence-electron chi connectivity index (χ2n) is 5.02. The van der Waals surface area contributed by atoms with E-state index in [9.17, 15) is 0 Å². The first-order valence-corrected chi connectivity index (χ1v) is 6.32. The van der Waals surface area contributed by atoms with Crippen LogP contribution in [-0.2, 0) is 5.54 Å². The summed E-state index contributed by atoms with van der Waals surface area (Å²) in [5, 5.41) is 8.28. The third kappa shape index (κ3) is 1.80. The van der Waals surface area contributed by atoms with Crippen molar-refractivity contribution >= 4 is 17.9 Å². The molecule has 3 heterocycles. The fourth-order valence-corrected chi connectivity index (χ4v) is 2.42. The molecule has 0 aromatic carbocycles. The summed E-state index contributed by atoms with van der Waals surface area (Å²) in [6.07, 6.45) is 6.57. The number of fused-ring (bicyclic) bond motifs is 1. The highest BCUT2D eigenvalue weighted by Crippen LogP contribution is 2.37. The van der Waals surface area contributed by atoms with E-state index in [4.69, 9.17) is 10.3 Å². The fourth-order valence-electron chi connectivity index (χ4n) is 2.42. The minimum atomic E-state index is -0.398. The van der Waals surface area contributed by atoms with Gasteiger partial charge in [-0.25, -0.2) is 4.52 Å². The highest BCUT2D eigenvalue weighted by molar-refractivity contribution is 5.85. The van der Waals surface area contributed by atoms with E-state index >= 15 is 0 Å². The summed E-state index contributed by atoms with van der Waals surface area (Å²) in [5.41, 5.74) is 7.58. The smallest absolute Gasteiger partial charge is 0.261 e. The van der Waals surface area contributed by atoms with Gasteiger partial charge in [0.2, 0.25) is 0 Å². The van der Waals surface area contributed by atoms with Crippen LogP contribution in [0.3, 0.4) is 0 Å². The lowest BCUT2D eigenvalue weighted by Gasteiger charge is -2.34. The Hall–Kier alpha value is -1.92. The number of nitrogens with two attached hydrogens (primary N) is 1. The Balaban J connectivity index is 0.00000121. The van der Waals surface area contributed by atoms with Gasteiger partial charge in [-0.1, -0.05) is 11.2 Å². The van der Waals surface area contributed by atoms with Crippen LogP contribution in [0, 0.1) is 0 Å². The van der Waals surface area contributed by atoms with E-state index in [-0.39, 0.29) is 12.4 Å². The standard InChI is InChI=1S/C13H13N5O.ClH/c14-13(5-3-6-13)12-16-11(19-17-12)9-8-15-18-7-2-1-4-10(9)18;/h1-2,4,7-8H,3,5-6,14H2;1H. The van der Waals surface area contributed by atoms with E-state index in [2.05, 4.69) is 15.2 Å². The molecular formula is C13H14ClN5O. The molecule has 1 saturated carbocycles. The van der Waals surface area contributed by atoms with Crippen LogP contribution in [0.25, 0.3) is 17.0 Å². The first kappa shape index (κ1) is 13.1. The van der Waals surface area contributed by atoms with E-state index in [0.717, 1.165) is 30.3 Å². The Morgan fingerprint density at radius 2 is 2.15 bits per heavy atom. The monoisotopic (exact) mass is 291 g/mol. The lowest BCUT2D eigenvalue weighted by atomic mass is 9.77. The predicted molar refractivity (Wildman–Crippen MR) is 75.4 cm³/mol. The molecular weight excluding hydrogens is 278 g/mol. The molecule has 1 aliphatic rings. The first-order valence-electron chi connectivity index (χ1n) is 6.32. The van der Waals surface area contributed by atoms with Crippen LogP contribution in [0.1, 0.15) is 25.1 Å². The van der Waals surface area contributed by atoms with Crippen LogP contribution in [0.15, 0.2) is 35.1 Å². The highest BCUT2D eigenvalue weighted by Gasteiger charge is 2.39. The van der Waals surface area contributed by atoms with Crippen molar-refractivity contribution in [1.82, 2.24) is 19.8 Å². The molecule has 0 unspecified atom stereocenters. The van der Waals surface area contributed by atoms with Crippen molar-refractivity contribution in [2.24, 2.45) is 5.73 Å². The third-order valence-electron chi connectivity index (χ3n) is 3.77. The van der Waals surface area contributed by atoms with Crippen molar-refractivity contribution in [2.75, 3.05) is 0 Å². The van der Waals surface area contributed by atoms with Gasteiger partial charge in [-0.3, -0.25) is 0 Å². The molecule has 0 bridgehead atoms. The second kappa shape index (κ2) is 4.57. The average Bonchev–Trinajstić information content (AvgIpc) is 3.02. The van der Waals surface area contributed by atoms with Crippen molar-refractivity contribution in [3.8, 4) is 11.5 Å². The number of aromatic nitrogens is 4. The Kier molecular flexibility index (Phi) is 2.99. The molecule has 0 radical (unpaired) electrons. The van der Waals surface area contributed by atoms with Gasteiger partial charge in [-0.05, 0) is 31.4 Å². The van der Waals surface area contributed by atoms with Crippen LogP contribution in [0.4, 0.5) is 0 Å². The topological polar surface area (TPSA) is 82.2 Å². The largest absolute Gasteiger partial charge is 0.334 e. The average molecular weight is 292 g/mol. The molecule has 1 fully saturated rings. The number of pyridine rings is 1. The Morgan fingerprint density at radius 1 is 1.30 bits per heavy atom. The van der Waals surface area contributed by atoms with Gasteiger partial charge >= 0.3 is 0 Å². The first-order chi connectivity index (χ1) is 9.26. The lowest BCUT2D eigenvalue weighted by Crippen LogP contribution is -2.44. The van der Waals surface area contributed by atoms with Crippen molar-refractivity contribution < 1.29 is 4.52 Å². The molecule has 7 heteroatoms. The van der Waals surface area contributed by atoms with E-state index in [1.165, 1.54) is 0 Å². The normalized spacial score (nSPS) is 16.6. The molecule has 0 spiro atoms. The maximum absolute atomic E-state index is 6.20. The quantitative estimate of drug-likeness (QED) is 0.782. The van der Waals surface area contributed by atoms with Gasteiger partial charge in [-0.2, -0.15) is 10.1 Å². The van der Waals surface area contributed by atoms with E-state index in [0.29, 0.717) is 11.7 Å². The summed E-state index contributed by atoms with van der Waals surface area (Å²) in [6.45, 7) is 0. The van der Waals surface area contributed by atoms with Crippen LogP contribution in [-0.4, -0.2) is 19.8 Å². The summed E-state index contributed by atoms with van der Waals surface area (Å²) >= 11 is 0. The van der Waals surface area contributed by atoms with Crippen LogP contribution in [0.5, 0.6) is 0 Å². The van der Waals surface area contributed by atoms with E-state index in [1.807, 2.05) is 24.4 Å². The molecule has 0 atom stereocenters. The summed E-state index contributed by atoms with van der Waals surface area (Å²) in [7, 11) is 0. The second-order valence-corrected chi connectivity index (χ2v) is 5.02. The molecule has 4 rings (SSSR count). The van der Waals surface area contributed by atoms with Crippen molar-refractivity contribution in [3.05, 3.63) is 36.4 Å². The SMILES string of the molecule is Cl.NC1(c2noc(-c3cnn4ccccc34)n2)CCC1. The van der Waals surface area contributed by atoms with Gasteiger partial charge < -0.3 is 10.3 Å². The van der Waals surface area contributed by atoms with Crippen LogP contribution in [0.2, 0.25) is 0 Å². The van der Waals surface area contributed by atoms with Crippen LogP contribution < -0.4 is 5.73 Å². The predicted octanol–water partition coefficient (Wildman–Crippen LogP) is 2.14.